The predicted octanol–water partition coefficient (Wildman–Crippen LogP) is 3.13. The number of fused-ring (bicyclic) bond motifs is 1. The standard InChI is InChI=1S/C18H23NO4/c1-12-15-11-14(22-2)7-8-16(15)23-17(12)18(21)19-9-3-5-13(19)6-4-10-20/h7-8,11,13,20H,3-6,9-10H2,1-2H3. The summed E-state index contributed by atoms with van der Waals surface area (Å²) >= 11 is 0. The fraction of sp³-hybridized carbons (Fsp3) is 0.500. The number of ether oxygens (including phenoxy) is 1. The van der Waals surface area contributed by atoms with E-state index in [0.29, 0.717) is 11.3 Å². The minimum absolute atomic E-state index is 0.0434. The fourth-order valence-electron chi connectivity index (χ4n) is 3.39. The maximum atomic E-state index is 12.9. The quantitative estimate of drug-likeness (QED) is 0.920. The number of carbonyl (C=O) groups is 1. The third-order valence-electron chi connectivity index (χ3n) is 4.67. The van der Waals surface area contributed by atoms with Crippen molar-refractivity contribution in [3.8, 4) is 5.75 Å². The maximum Gasteiger partial charge on any atom is 0.290 e. The topological polar surface area (TPSA) is 62.9 Å². The molecule has 2 heterocycles. The smallest absolute Gasteiger partial charge is 0.290 e. The van der Waals surface area contributed by atoms with Gasteiger partial charge in [0.1, 0.15) is 11.3 Å². The molecular weight excluding hydrogens is 294 g/mol. The van der Waals surface area contributed by atoms with Crippen molar-refractivity contribution in [2.75, 3.05) is 20.3 Å². The Morgan fingerprint density at radius 2 is 2.30 bits per heavy atom. The zero-order valence-electron chi connectivity index (χ0n) is 13.7. The van der Waals surface area contributed by atoms with Gasteiger partial charge in [-0.2, -0.15) is 0 Å². The first-order valence-corrected chi connectivity index (χ1v) is 8.14. The van der Waals surface area contributed by atoms with Crippen LogP contribution in [0.3, 0.4) is 0 Å². The number of amides is 1. The van der Waals surface area contributed by atoms with Gasteiger partial charge in [0.25, 0.3) is 5.91 Å². The number of furan rings is 1. The van der Waals surface area contributed by atoms with Crippen LogP contribution in [0.4, 0.5) is 0 Å². The highest BCUT2D eigenvalue weighted by Crippen LogP contribution is 2.31. The molecule has 1 N–H and O–H groups in total. The van der Waals surface area contributed by atoms with Crippen molar-refractivity contribution in [2.45, 2.75) is 38.6 Å². The van der Waals surface area contributed by atoms with E-state index in [1.807, 2.05) is 30.0 Å². The number of hydrogen-bond acceptors (Lipinski definition) is 4. The van der Waals surface area contributed by atoms with Crippen LogP contribution in [0.5, 0.6) is 5.75 Å². The number of aliphatic hydroxyl groups excluding tert-OH is 1. The number of aliphatic hydroxyl groups is 1. The van der Waals surface area contributed by atoms with Crippen molar-refractivity contribution in [1.29, 1.82) is 0 Å². The Morgan fingerprint density at radius 1 is 1.48 bits per heavy atom. The second kappa shape index (κ2) is 6.62. The van der Waals surface area contributed by atoms with E-state index >= 15 is 0 Å². The van der Waals surface area contributed by atoms with Crippen LogP contribution in [0, 0.1) is 6.92 Å². The SMILES string of the molecule is COc1ccc2oc(C(=O)N3CCCC3CCCO)c(C)c2c1. The molecule has 1 amide bonds. The Morgan fingerprint density at radius 3 is 3.04 bits per heavy atom. The van der Waals surface area contributed by atoms with Gasteiger partial charge in [-0.1, -0.05) is 0 Å². The molecule has 1 unspecified atom stereocenters. The molecule has 5 nitrogen and oxygen atoms in total. The number of carbonyl (C=O) groups excluding carboxylic acids is 1. The van der Waals surface area contributed by atoms with Gasteiger partial charge in [-0.25, -0.2) is 0 Å². The zero-order valence-corrected chi connectivity index (χ0v) is 13.7. The summed E-state index contributed by atoms with van der Waals surface area (Å²) in [5.41, 5.74) is 1.56. The molecule has 1 saturated heterocycles. The Kier molecular flexibility index (Phi) is 4.57. The van der Waals surface area contributed by atoms with E-state index in [-0.39, 0.29) is 18.6 Å². The van der Waals surface area contributed by atoms with Gasteiger partial charge in [-0.05, 0) is 50.8 Å². The number of aryl methyl sites for hydroxylation is 1. The Labute approximate surface area is 135 Å². The average Bonchev–Trinajstić information content (AvgIpc) is 3.17. The molecule has 1 aliphatic heterocycles. The highest BCUT2D eigenvalue weighted by molar-refractivity contribution is 5.99. The van der Waals surface area contributed by atoms with Crippen molar-refractivity contribution in [3.05, 3.63) is 29.5 Å². The Bertz CT molecular complexity index is 706. The first-order chi connectivity index (χ1) is 11.2. The molecule has 0 saturated carbocycles. The second-order valence-corrected chi connectivity index (χ2v) is 6.08. The van der Waals surface area contributed by atoms with Gasteiger partial charge in [-0.15, -0.1) is 0 Å². The molecule has 3 rings (SSSR count). The summed E-state index contributed by atoms with van der Waals surface area (Å²) in [5, 5.41) is 9.94. The zero-order chi connectivity index (χ0) is 16.4. The molecule has 23 heavy (non-hydrogen) atoms. The van der Waals surface area contributed by atoms with Gasteiger partial charge in [0, 0.05) is 30.1 Å². The van der Waals surface area contributed by atoms with Crippen LogP contribution in [-0.2, 0) is 0 Å². The van der Waals surface area contributed by atoms with Gasteiger partial charge in [-0.3, -0.25) is 4.79 Å². The third-order valence-corrected chi connectivity index (χ3v) is 4.67. The minimum atomic E-state index is -0.0434. The third kappa shape index (κ3) is 2.93. The van der Waals surface area contributed by atoms with E-state index in [1.165, 1.54) is 0 Å². The maximum absolute atomic E-state index is 12.9. The molecule has 124 valence electrons. The normalized spacial score (nSPS) is 17.9. The van der Waals surface area contributed by atoms with Crippen molar-refractivity contribution >= 4 is 16.9 Å². The summed E-state index contributed by atoms with van der Waals surface area (Å²) in [6.45, 7) is 2.84. The van der Waals surface area contributed by atoms with Crippen molar-refractivity contribution < 1.29 is 19.1 Å². The van der Waals surface area contributed by atoms with Crippen LogP contribution >= 0.6 is 0 Å². The van der Waals surface area contributed by atoms with Crippen molar-refractivity contribution in [1.82, 2.24) is 4.90 Å². The van der Waals surface area contributed by atoms with E-state index in [2.05, 4.69) is 0 Å². The van der Waals surface area contributed by atoms with Gasteiger partial charge < -0.3 is 19.2 Å². The van der Waals surface area contributed by atoms with Gasteiger partial charge in [0.15, 0.2) is 5.76 Å². The van der Waals surface area contributed by atoms with Crippen LogP contribution in [0.25, 0.3) is 11.0 Å². The van der Waals surface area contributed by atoms with E-state index < -0.39 is 0 Å². The molecule has 1 aliphatic rings. The highest BCUT2D eigenvalue weighted by Gasteiger charge is 2.32. The fourth-order valence-corrected chi connectivity index (χ4v) is 3.39. The molecule has 2 aromatic rings. The molecule has 1 aromatic carbocycles. The monoisotopic (exact) mass is 317 g/mol. The second-order valence-electron chi connectivity index (χ2n) is 6.08. The van der Waals surface area contributed by atoms with Crippen molar-refractivity contribution in [3.63, 3.8) is 0 Å². The molecule has 0 bridgehead atoms. The number of rotatable bonds is 5. The number of likely N-dealkylation sites (tertiary alicyclic amines) is 1. The molecule has 5 heteroatoms. The summed E-state index contributed by atoms with van der Waals surface area (Å²) in [6, 6.07) is 5.78. The number of nitrogens with zero attached hydrogens (tertiary/aromatic N) is 1. The highest BCUT2D eigenvalue weighted by atomic mass is 16.5. The number of methoxy groups -OCH3 is 1. The summed E-state index contributed by atoms with van der Waals surface area (Å²) in [7, 11) is 1.62. The van der Waals surface area contributed by atoms with Crippen LogP contribution in [0.1, 0.15) is 41.8 Å². The van der Waals surface area contributed by atoms with E-state index in [1.54, 1.807) is 7.11 Å². The van der Waals surface area contributed by atoms with Gasteiger partial charge >= 0.3 is 0 Å². The number of hydrogen-bond donors (Lipinski definition) is 1. The van der Waals surface area contributed by atoms with Crippen LogP contribution in [-0.4, -0.2) is 42.2 Å². The number of benzene rings is 1. The van der Waals surface area contributed by atoms with E-state index in [4.69, 9.17) is 14.3 Å². The van der Waals surface area contributed by atoms with E-state index in [9.17, 15) is 4.79 Å². The summed E-state index contributed by atoms with van der Waals surface area (Å²) in [6.07, 6.45) is 3.58. The van der Waals surface area contributed by atoms with Gasteiger partial charge in [0.05, 0.1) is 7.11 Å². The summed E-state index contributed by atoms with van der Waals surface area (Å²) in [5.74, 6) is 1.13. The first-order valence-electron chi connectivity index (χ1n) is 8.14. The van der Waals surface area contributed by atoms with Gasteiger partial charge in [0.2, 0.25) is 0 Å². The minimum Gasteiger partial charge on any atom is -0.497 e. The molecule has 0 aliphatic carbocycles. The molecule has 1 atom stereocenters. The summed E-state index contributed by atoms with van der Waals surface area (Å²) < 4.78 is 11.1. The average molecular weight is 317 g/mol. The molecule has 0 spiro atoms. The lowest BCUT2D eigenvalue weighted by Gasteiger charge is -2.23. The molecule has 0 radical (unpaired) electrons. The lowest BCUT2D eigenvalue weighted by Crippen LogP contribution is -2.35. The first kappa shape index (κ1) is 15.9. The molecular formula is C18H23NO4. The Balaban J connectivity index is 1.90. The lowest BCUT2D eigenvalue weighted by molar-refractivity contribution is 0.0693. The lowest BCUT2D eigenvalue weighted by atomic mass is 10.1. The summed E-state index contributed by atoms with van der Waals surface area (Å²) in [4.78, 5) is 14.8. The van der Waals surface area contributed by atoms with Crippen molar-refractivity contribution in [2.24, 2.45) is 0 Å². The molecule has 1 aromatic heterocycles. The largest absolute Gasteiger partial charge is 0.497 e. The van der Waals surface area contributed by atoms with Crippen LogP contribution in [0.2, 0.25) is 0 Å². The predicted molar refractivity (Wildman–Crippen MR) is 87.9 cm³/mol. The molecule has 1 fully saturated rings. The van der Waals surface area contributed by atoms with Crippen LogP contribution < -0.4 is 4.74 Å². The Hall–Kier alpha value is -2.01. The van der Waals surface area contributed by atoms with E-state index in [0.717, 1.165) is 48.9 Å². The van der Waals surface area contributed by atoms with Crippen LogP contribution in [0.15, 0.2) is 22.6 Å².